The minimum Gasteiger partial charge on any atom is -0.352 e. The number of benzene rings is 2. The molecule has 0 atom stereocenters. The summed E-state index contributed by atoms with van der Waals surface area (Å²) in [6.45, 7) is 2.33. The summed E-state index contributed by atoms with van der Waals surface area (Å²) in [7, 11) is 0. The molecule has 2 aromatic carbocycles. The van der Waals surface area contributed by atoms with Crippen molar-refractivity contribution in [2.24, 2.45) is 0 Å². The minimum atomic E-state index is -0.123. The molecule has 0 spiro atoms. The minimum absolute atomic E-state index is 0.0174. The van der Waals surface area contributed by atoms with Crippen molar-refractivity contribution in [1.29, 1.82) is 0 Å². The lowest BCUT2D eigenvalue weighted by molar-refractivity contribution is -0.121. The van der Waals surface area contributed by atoms with Gasteiger partial charge in [0.2, 0.25) is 23.5 Å². The Morgan fingerprint density at radius 1 is 1.07 bits per heavy atom. The van der Waals surface area contributed by atoms with Crippen LogP contribution in [0.1, 0.15) is 37.6 Å². The van der Waals surface area contributed by atoms with Gasteiger partial charge in [-0.05, 0) is 48.4 Å². The van der Waals surface area contributed by atoms with E-state index in [0.717, 1.165) is 23.2 Å². The van der Waals surface area contributed by atoms with E-state index < -0.39 is 0 Å². The summed E-state index contributed by atoms with van der Waals surface area (Å²) < 4.78 is 5.22. The van der Waals surface area contributed by atoms with E-state index in [9.17, 15) is 9.59 Å². The van der Waals surface area contributed by atoms with Crippen molar-refractivity contribution in [1.82, 2.24) is 15.5 Å². The number of aryl methyl sites for hydroxylation is 1. The average molecular weight is 427 g/mol. The van der Waals surface area contributed by atoms with Crippen LogP contribution in [0, 0.1) is 0 Å². The Kier molecular flexibility index (Phi) is 7.57. The van der Waals surface area contributed by atoms with Crippen LogP contribution in [0.3, 0.4) is 0 Å². The van der Waals surface area contributed by atoms with E-state index in [2.05, 4.69) is 20.8 Å². The number of aromatic nitrogens is 2. The third-order valence-corrected chi connectivity index (χ3v) is 4.57. The molecule has 8 heteroatoms. The monoisotopic (exact) mass is 426 g/mol. The topological polar surface area (TPSA) is 97.1 Å². The van der Waals surface area contributed by atoms with E-state index in [1.807, 2.05) is 43.3 Å². The lowest BCUT2D eigenvalue weighted by Crippen LogP contribution is -2.23. The molecule has 0 radical (unpaired) electrons. The highest BCUT2D eigenvalue weighted by atomic mass is 35.5. The number of carbonyl (C=O) groups is 2. The highest BCUT2D eigenvalue weighted by Crippen LogP contribution is 2.19. The van der Waals surface area contributed by atoms with E-state index in [0.29, 0.717) is 36.1 Å². The molecule has 2 N–H and O–H groups in total. The van der Waals surface area contributed by atoms with Gasteiger partial charge in [0.15, 0.2) is 0 Å². The fourth-order valence-corrected chi connectivity index (χ4v) is 2.92. The van der Waals surface area contributed by atoms with Crippen molar-refractivity contribution in [2.45, 2.75) is 39.2 Å². The van der Waals surface area contributed by atoms with Crippen LogP contribution >= 0.6 is 11.6 Å². The van der Waals surface area contributed by atoms with Crippen LogP contribution in [0.5, 0.6) is 0 Å². The average Bonchev–Trinajstić information content (AvgIpc) is 3.21. The van der Waals surface area contributed by atoms with Gasteiger partial charge < -0.3 is 15.2 Å². The lowest BCUT2D eigenvalue weighted by atomic mass is 10.2. The standard InChI is InChI=1S/C22H23ClN4O3/c1-2-4-20(29)25-18-6-3-5-15(13-18)14-24-19(28)11-12-21-26-22(27-30-21)16-7-9-17(23)10-8-16/h3,5-10,13H,2,4,11-12,14H2,1H3,(H,24,28)(H,25,29). The van der Waals surface area contributed by atoms with Crippen LogP contribution in [0.25, 0.3) is 11.4 Å². The number of nitrogens with zero attached hydrogens (tertiary/aromatic N) is 2. The first-order chi connectivity index (χ1) is 14.5. The van der Waals surface area contributed by atoms with Crippen LogP contribution < -0.4 is 10.6 Å². The summed E-state index contributed by atoms with van der Waals surface area (Å²) in [5.74, 6) is 0.720. The summed E-state index contributed by atoms with van der Waals surface area (Å²) in [4.78, 5) is 28.2. The predicted molar refractivity (Wildman–Crippen MR) is 115 cm³/mol. The second kappa shape index (κ2) is 10.5. The molecular formula is C22H23ClN4O3. The first kappa shape index (κ1) is 21.5. The Morgan fingerprint density at radius 3 is 2.63 bits per heavy atom. The van der Waals surface area contributed by atoms with Gasteiger partial charge in [-0.2, -0.15) is 4.98 Å². The fraction of sp³-hybridized carbons (Fsp3) is 0.273. The molecule has 30 heavy (non-hydrogen) atoms. The summed E-state index contributed by atoms with van der Waals surface area (Å²) >= 11 is 5.88. The van der Waals surface area contributed by atoms with Crippen LogP contribution in [0.2, 0.25) is 5.02 Å². The third kappa shape index (κ3) is 6.42. The number of carbonyl (C=O) groups excluding carboxylic acids is 2. The highest BCUT2D eigenvalue weighted by molar-refractivity contribution is 6.30. The van der Waals surface area contributed by atoms with E-state index in [4.69, 9.17) is 16.1 Å². The van der Waals surface area contributed by atoms with Crippen LogP contribution in [0.4, 0.5) is 5.69 Å². The molecule has 1 aromatic heterocycles. The van der Waals surface area contributed by atoms with Crippen LogP contribution in [-0.2, 0) is 22.6 Å². The maximum absolute atomic E-state index is 12.2. The van der Waals surface area contributed by atoms with Crippen molar-refractivity contribution >= 4 is 29.1 Å². The number of halogens is 1. The van der Waals surface area contributed by atoms with Gasteiger partial charge in [0.05, 0.1) is 0 Å². The molecule has 7 nitrogen and oxygen atoms in total. The molecule has 1 heterocycles. The summed E-state index contributed by atoms with van der Waals surface area (Å²) in [5.41, 5.74) is 2.42. The molecule has 3 aromatic rings. The lowest BCUT2D eigenvalue weighted by Gasteiger charge is -2.08. The van der Waals surface area contributed by atoms with Crippen molar-refractivity contribution in [3.8, 4) is 11.4 Å². The van der Waals surface area contributed by atoms with Crippen molar-refractivity contribution in [3.05, 3.63) is 65.0 Å². The number of rotatable bonds is 9. The number of hydrogen-bond acceptors (Lipinski definition) is 5. The SMILES string of the molecule is CCCC(=O)Nc1cccc(CNC(=O)CCc2nc(-c3ccc(Cl)cc3)no2)c1. The Balaban J connectivity index is 1.46. The first-order valence-corrected chi connectivity index (χ1v) is 10.2. The van der Waals surface area contributed by atoms with E-state index in [-0.39, 0.29) is 18.2 Å². The first-order valence-electron chi connectivity index (χ1n) is 9.77. The molecule has 0 fully saturated rings. The summed E-state index contributed by atoms with van der Waals surface area (Å²) in [6.07, 6.45) is 1.86. The van der Waals surface area contributed by atoms with E-state index in [1.165, 1.54) is 0 Å². The van der Waals surface area contributed by atoms with Gasteiger partial charge in [-0.25, -0.2) is 0 Å². The zero-order valence-corrected chi connectivity index (χ0v) is 17.4. The quantitative estimate of drug-likeness (QED) is 0.529. The number of hydrogen-bond donors (Lipinski definition) is 2. The molecule has 0 bridgehead atoms. The molecule has 156 valence electrons. The van der Waals surface area contributed by atoms with Crippen molar-refractivity contribution in [3.63, 3.8) is 0 Å². The number of anilines is 1. The Morgan fingerprint density at radius 2 is 1.87 bits per heavy atom. The molecule has 0 unspecified atom stereocenters. The van der Waals surface area contributed by atoms with Gasteiger partial charge in [-0.3, -0.25) is 9.59 Å². The Bertz CT molecular complexity index is 1000. The zero-order chi connectivity index (χ0) is 21.3. The summed E-state index contributed by atoms with van der Waals surface area (Å²) in [5, 5.41) is 10.3. The maximum Gasteiger partial charge on any atom is 0.227 e. The second-order valence-electron chi connectivity index (χ2n) is 6.79. The second-order valence-corrected chi connectivity index (χ2v) is 7.23. The van der Waals surface area contributed by atoms with Crippen molar-refractivity contribution < 1.29 is 14.1 Å². The van der Waals surface area contributed by atoms with Crippen LogP contribution in [-0.4, -0.2) is 22.0 Å². The molecule has 3 rings (SSSR count). The molecule has 2 amide bonds. The van der Waals surface area contributed by atoms with Gasteiger partial charge in [-0.15, -0.1) is 0 Å². The predicted octanol–water partition coefficient (Wildman–Crippen LogP) is 4.38. The molecule has 0 aliphatic carbocycles. The Hall–Kier alpha value is -3.19. The smallest absolute Gasteiger partial charge is 0.227 e. The number of nitrogens with one attached hydrogen (secondary N) is 2. The maximum atomic E-state index is 12.2. The highest BCUT2D eigenvalue weighted by Gasteiger charge is 2.11. The van der Waals surface area contributed by atoms with Gasteiger partial charge in [0, 0.05) is 42.1 Å². The molecule has 0 saturated heterocycles. The third-order valence-electron chi connectivity index (χ3n) is 4.31. The van der Waals surface area contributed by atoms with E-state index in [1.54, 1.807) is 12.1 Å². The van der Waals surface area contributed by atoms with Gasteiger partial charge in [0.1, 0.15) is 0 Å². The normalized spacial score (nSPS) is 10.6. The summed E-state index contributed by atoms with van der Waals surface area (Å²) in [6, 6.07) is 14.5. The fourth-order valence-electron chi connectivity index (χ4n) is 2.79. The molecular weight excluding hydrogens is 404 g/mol. The van der Waals surface area contributed by atoms with Crippen molar-refractivity contribution in [2.75, 3.05) is 5.32 Å². The van der Waals surface area contributed by atoms with E-state index >= 15 is 0 Å². The number of amides is 2. The molecule has 0 aliphatic heterocycles. The van der Waals surface area contributed by atoms with Gasteiger partial charge in [0.25, 0.3) is 0 Å². The van der Waals surface area contributed by atoms with Gasteiger partial charge in [-0.1, -0.05) is 35.8 Å². The zero-order valence-electron chi connectivity index (χ0n) is 16.7. The largest absolute Gasteiger partial charge is 0.352 e. The molecule has 0 saturated carbocycles. The van der Waals surface area contributed by atoms with Crippen LogP contribution in [0.15, 0.2) is 53.1 Å². The molecule has 0 aliphatic rings. The van der Waals surface area contributed by atoms with Gasteiger partial charge >= 0.3 is 0 Å². The Labute approximate surface area is 179 Å².